The molecule has 5 heteroatoms. The Kier molecular flexibility index (Phi) is 8.16. The molecule has 0 bridgehead atoms. The number of halogens is 1. The molecule has 1 fully saturated rings. The molecule has 0 spiro atoms. The molecule has 0 aliphatic carbocycles. The summed E-state index contributed by atoms with van der Waals surface area (Å²) in [5, 5.41) is 13.0. The van der Waals surface area contributed by atoms with Crippen molar-refractivity contribution in [1.82, 2.24) is 4.90 Å². The van der Waals surface area contributed by atoms with Crippen molar-refractivity contribution in [3.05, 3.63) is 88.9 Å². The standard InChI is InChI=1S/C28H31ClN2O2/c29-26-10-6-24(7-11-26)25-8-12-27(13-9-25)30-28(33)14-5-21-1-3-22(4-2-21)19-31-17-15-23(20-32)16-18-31/h1-4,6-13,23,32H,5,14-20H2,(H,30,33). The molecule has 4 rings (SSSR count). The van der Waals surface area contributed by atoms with Crippen LogP contribution in [0.1, 0.15) is 30.4 Å². The van der Waals surface area contributed by atoms with Crippen LogP contribution >= 0.6 is 11.6 Å². The average Bonchev–Trinajstić information content (AvgIpc) is 2.85. The highest BCUT2D eigenvalue weighted by atomic mass is 35.5. The van der Waals surface area contributed by atoms with Crippen LogP contribution in [-0.4, -0.2) is 35.6 Å². The van der Waals surface area contributed by atoms with E-state index in [2.05, 4.69) is 34.5 Å². The first-order valence-electron chi connectivity index (χ1n) is 11.7. The number of carbonyl (C=O) groups is 1. The molecule has 1 amide bonds. The van der Waals surface area contributed by atoms with Crippen LogP contribution in [0.3, 0.4) is 0 Å². The first-order valence-corrected chi connectivity index (χ1v) is 12.0. The van der Waals surface area contributed by atoms with E-state index in [0.29, 0.717) is 18.9 Å². The summed E-state index contributed by atoms with van der Waals surface area (Å²) in [5.41, 5.74) is 5.45. The van der Waals surface area contributed by atoms with E-state index in [4.69, 9.17) is 11.6 Å². The van der Waals surface area contributed by atoms with Gasteiger partial charge in [0.1, 0.15) is 0 Å². The molecule has 0 unspecified atom stereocenters. The number of rotatable bonds is 8. The largest absolute Gasteiger partial charge is 0.396 e. The number of piperidine rings is 1. The Morgan fingerprint density at radius 1 is 0.879 bits per heavy atom. The zero-order valence-corrected chi connectivity index (χ0v) is 19.6. The third-order valence-electron chi connectivity index (χ3n) is 6.38. The van der Waals surface area contributed by atoms with Gasteiger partial charge in [-0.2, -0.15) is 0 Å². The van der Waals surface area contributed by atoms with Crippen LogP contribution in [0.4, 0.5) is 5.69 Å². The predicted molar refractivity (Wildman–Crippen MR) is 135 cm³/mol. The molecule has 0 saturated carbocycles. The van der Waals surface area contributed by atoms with E-state index in [1.54, 1.807) is 0 Å². The molecular formula is C28H31ClN2O2. The van der Waals surface area contributed by atoms with Gasteiger partial charge in [0.15, 0.2) is 0 Å². The maximum atomic E-state index is 12.4. The number of aryl methyl sites for hydroxylation is 1. The van der Waals surface area contributed by atoms with Crippen molar-refractivity contribution in [1.29, 1.82) is 0 Å². The third-order valence-corrected chi connectivity index (χ3v) is 6.63. The lowest BCUT2D eigenvalue weighted by Crippen LogP contribution is -2.34. The number of anilines is 1. The lowest BCUT2D eigenvalue weighted by molar-refractivity contribution is -0.116. The highest BCUT2D eigenvalue weighted by molar-refractivity contribution is 6.30. The van der Waals surface area contributed by atoms with Gasteiger partial charge >= 0.3 is 0 Å². The van der Waals surface area contributed by atoms with Crippen LogP contribution in [0, 0.1) is 5.92 Å². The van der Waals surface area contributed by atoms with Crippen molar-refractivity contribution < 1.29 is 9.90 Å². The Balaban J connectivity index is 1.22. The zero-order chi connectivity index (χ0) is 23.0. The predicted octanol–water partition coefficient (Wildman–Crippen LogP) is 5.78. The summed E-state index contributed by atoms with van der Waals surface area (Å²) in [6, 6.07) is 24.2. The van der Waals surface area contributed by atoms with Gasteiger partial charge in [-0.25, -0.2) is 0 Å². The summed E-state index contributed by atoms with van der Waals surface area (Å²) in [6.45, 7) is 3.36. The number of hydrogen-bond acceptors (Lipinski definition) is 3. The Bertz CT molecular complexity index is 1030. The first-order chi connectivity index (χ1) is 16.1. The molecule has 3 aromatic rings. The molecule has 2 N–H and O–H groups in total. The van der Waals surface area contributed by atoms with Crippen molar-refractivity contribution in [2.24, 2.45) is 5.92 Å². The van der Waals surface area contributed by atoms with Gasteiger partial charge in [-0.3, -0.25) is 9.69 Å². The summed E-state index contributed by atoms with van der Waals surface area (Å²) < 4.78 is 0. The third kappa shape index (κ3) is 6.91. The number of likely N-dealkylation sites (tertiary alicyclic amines) is 1. The lowest BCUT2D eigenvalue weighted by Gasteiger charge is -2.31. The van der Waals surface area contributed by atoms with E-state index < -0.39 is 0 Å². The van der Waals surface area contributed by atoms with Crippen LogP contribution < -0.4 is 5.32 Å². The van der Waals surface area contributed by atoms with Crippen LogP contribution in [0.25, 0.3) is 11.1 Å². The van der Waals surface area contributed by atoms with Gasteiger partial charge in [0.25, 0.3) is 0 Å². The summed E-state index contributed by atoms with van der Waals surface area (Å²) in [6.07, 6.45) is 3.32. The van der Waals surface area contributed by atoms with Crippen molar-refractivity contribution in [2.75, 3.05) is 25.0 Å². The summed E-state index contributed by atoms with van der Waals surface area (Å²) in [5.74, 6) is 0.487. The minimum absolute atomic E-state index is 0.0186. The fourth-order valence-corrected chi connectivity index (χ4v) is 4.39. The monoisotopic (exact) mass is 462 g/mol. The number of nitrogens with zero attached hydrogens (tertiary/aromatic N) is 1. The van der Waals surface area contributed by atoms with E-state index in [-0.39, 0.29) is 5.91 Å². The van der Waals surface area contributed by atoms with Gasteiger partial charge in [-0.05, 0) is 84.8 Å². The second kappa shape index (κ2) is 11.5. The topological polar surface area (TPSA) is 52.6 Å². The Morgan fingerprint density at radius 2 is 1.45 bits per heavy atom. The number of benzene rings is 3. The minimum Gasteiger partial charge on any atom is -0.396 e. The maximum absolute atomic E-state index is 12.4. The summed E-state index contributed by atoms with van der Waals surface area (Å²) in [7, 11) is 0. The van der Waals surface area contributed by atoms with Crippen molar-refractivity contribution in [3.63, 3.8) is 0 Å². The highest BCUT2D eigenvalue weighted by Crippen LogP contribution is 2.23. The normalized spacial score (nSPS) is 14.8. The highest BCUT2D eigenvalue weighted by Gasteiger charge is 2.18. The number of carbonyl (C=O) groups excluding carboxylic acids is 1. The van der Waals surface area contributed by atoms with Crippen LogP contribution in [0.2, 0.25) is 5.02 Å². The average molecular weight is 463 g/mol. The van der Waals surface area contributed by atoms with Gasteiger partial charge in [-0.15, -0.1) is 0 Å². The summed E-state index contributed by atoms with van der Waals surface area (Å²) in [4.78, 5) is 14.9. The second-order valence-corrected chi connectivity index (χ2v) is 9.29. The molecule has 0 atom stereocenters. The van der Waals surface area contributed by atoms with E-state index >= 15 is 0 Å². The van der Waals surface area contributed by atoms with E-state index in [9.17, 15) is 9.90 Å². The summed E-state index contributed by atoms with van der Waals surface area (Å²) >= 11 is 5.96. The molecule has 4 nitrogen and oxygen atoms in total. The number of nitrogens with one attached hydrogen (secondary N) is 1. The van der Waals surface area contributed by atoms with Crippen molar-refractivity contribution in [2.45, 2.75) is 32.2 Å². The number of amides is 1. The molecule has 1 saturated heterocycles. The Hall–Kier alpha value is -2.66. The maximum Gasteiger partial charge on any atom is 0.224 e. The number of aliphatic hydroxyl groups is 1. The van der Waals surface area contributed by atoms with Crippen LogP contribution in [0.15, 0.2) is 72.8 Å². The number of hydrogen-bond donors (Lipinski definition) is 2. The fourth-order valence-electron chi connectivity index (χ4n) is 4.27. The second-order valence-electron chi connectivity index (χ2n) is 8.85. The van der Waals surface area contributed by atoms with Gasteiger partial charge in [0.2, 0.25) is 5.91 Å². The molecule has 1 heterocycles. The van der Waals surface area contributed by atoms with Gasteiger partial charge in [0, 0.05) is 30.3 Å². The Labute approximate surface area is 201 Å². The van der Waals surface area contributed by atoms with E-state index in [0.717, 1.165) is 60.7 Å². The molecule has 172 valence electrons. The van der Waals surface area contributed by atoms with Crippen LogP contribution in [-0.2, 0) is 17.8 Å². The van der Waals surface area contributed by atoms with Crippen molar-refractivity contribution in [3.8, 4) is 11.1 Å². The van der Waals surface area contributed by atoms with Gasteiger partial charge in [0.05, 0.1) is 0 Å². The zero-order valence-electron chi connectivity index (χ0n) is 18.8. The molecule has 0 radical (unpaired) electrons. The first kappa shape index (κ1) is 23.5. The van der Waals surface area contributed by atoms with Crippen LogP contribution in [0.5, 0.6) is 0 Å². The molecule has 33 heavy (non-hydrogen) atoms. The molecule has 1 aliphatic rings. The number of aliphatic hydroxyl groups excluding tert-OH is 1. The van der Waals surface area contributed by atoms with Gasteiger partial charge in [-0.1, -0.05) is 60.1 Å². The smallest absolute Gasteiger partial charge is 0.224 e. The fraction of sp³-hybridized carbons (Fsp3) is 0.321. The van der Waals surface area contributed by atoms with Gasteiger partial charge < -0.3 is 10.4 Å². The van der Waals surface area contributed by atoms with E-state index in [1.165, 1.54) is 11.1 Å². The Morgan fingerprint density at radius 3 is 2.06 bits per heavy atom. The SMILES string of the molecule is O=C(CCc1ccc(CN2CCC(CO)CC2)cc1)Nc1ccc(-c2ccc(Cl)cc2)cc1. The molecule has 3 aromatic carbocycles. The quantitative estimate of drug-likeness (QED) is 0.446. The molecule has 1 aliphatic heterocycles. The molecule has 0 aromatic heterocycles. The van der Waals surface area contributed by atoms with Crippen molar-refractivity contribution >= 4 is 23.2 Å². The lowest BCUT2D eigenvalue weighted by atomic mass is 9.97. The van der Waals surface area contributed by atoms with E-state index in [1.807, 2.05) is 48.5 Å². The minimum atomic E-state index is 0.0186. The molecular weight excluding hydrogens is 432 g/mol.